The molecule has 0 spiro atoms. The smallest absolute Gasteiger partial charge is 0.0990 e. The first-order valence-electron chi connectivity index (χ1n) is 7.57. The topological polar surface area (TPSA) is 12.5 Å². The van der Waals surface area contributed by atoms with Gasteiger partial charge >= 0.3 is 0 Å². The zero-order valence-corrected chi connectivity index (χ0v) is 14.1. The molecule has 1 saturated heterocycles. The van der Waals surface area contributed by atoms with Crippen LogP contribution in [0.1, 0.15) is 17.2 Å². The molecule has 3 rings (SSSR count). The number of halogens is 2. The van der Waals surface area contributed by atoms with Gasteiger partial charge in [-0.25, -0.2) is 0 Å². The van der Waals surface area contributed by atoms with Crippen LogP contribution in [0.2, 0.25) is 10.0 Å². The third kappa shape index (κ3) is 4.28. The number of morpholine rings is 1. The Morgan fingerprint density at radius 3 is 2.43 bits per heavy atom. The van der Waals surface area contributed by atoms with Gasteiger partial charge in [-0.2, -0.15) is 0 Å². The van der Waals surface area contributed by atoms with E-state index in [-0.39, 0.29) is 6.04 Å². The van der Waals surface area contributed by atoms with E-state index in [4.69, 9.17) is 27.9 Å². The average Bonchev–Trinajstić information content (AvgIpc) is 2.58. The third-order valence-electron chi connectivity index (χ3n) is 3.79. The van der Waals surface area contributed by atoms with E-state index < -0.39 is 0 Å². The Bertz CT molecular complexity index is 715. The van der Waals surface area contributed by atoms with Crippen LogP contribution in [0.15, 0.2) is 48.5 Å². The van der Waals surface area contributed by atoms with Crippen molar-refractivity contribution < 1.29 is 4.74 Å². The molecule has 1 unspecified atom stereocenters. The predicted octanol–water partition coefficient (Wildman–Crippen LogP) is 4.42. The Labute approximate surface area is 147 Å². The van der Waals surface area contributed by atoms with Gasteiger partial charge in [-0.15, -0.1) is 0 Å². The van der Waals surface area contributed by atoms with Gasteiger partial charge in [0, 0.05) is 34.3 Å². The molecule has 1 aliphatic rings. The lowest BCUT2D eigenvalue weighted by Crippen LogP contribution is -2.38. The van der Waals surface area contributed by atoms with Crippen molar-refractivity contribution in [3.8, 4) is 11.8 Å². The second kappa shape index (κ2) is 7.86. The van der Waals surface area contributed by atoms with Crippen molar-refractivity contribution in [2.45, 2.75) is 6.04 Å². The zero-order valence-electron chi connectivity index (χ0n) is 12.6. The van der Waals surface area contributed by atoms with E-state index >= 15 is 0 Å². The average molecular weight is 346 g/mol. The van der Waals surface area contributed by atoms with Crippen LogP contribution < -0.4 is 0 Å². The molecule has 1 fully saturated rings. The molecular weight excluding hydrogens is 329 g/mol. The molecule has 2 aromatic rings. The fourth-order valence-corrected chi connectivity index (χ4v) is 3.11. The summed E-state index contributed by atoms with van der Waals surface area (Å²) in [5.74, 6) is 6.63. The number of rotatable bonds is 2. The highest BCUT2D eigenvalue weighted by atomic mass is 35.5. The SMILES string of the molecule is Clc1ccc(C(C#Cc2ccccc2)N2CCOCC2)c(Cl)c1. The van der Waals surface area contributed by atoms with Gasteiger partial charge in [-0.05, 0) is 24.3 Å². The maximum atomic E-state index is 6.42. The maximum Gasteiger partial charge on any atom is 0.0990 e. The highest BCUT2D eigenvalue weighted by Crippen LogP contribution is 2.30. The lowest BCUT2D eigenvalue weighted by molar-refractivity contribution is 0.0270. The third-order valence-corrected chi connectivity index (χ3v) is 4.36. The van der Waals surface area contributed by atoms with Gasteiger partial charge in [0.2, 0.25) is 0 Å². The van der Waals surface area contributed by atoms with E-state index in [0.29, 0.717) is 23.3 Å². The van der Waals surface area contributed by atoms with Crippen LogP contribution >= 0.6 is 23.2 Å². The molecule has 1 aliphatic heterocycles. The molecule has 4 heteroatoms. The van der Waals surface area contributed by atoms with Crippen molar-refractivity contribution in [1.29, 1.82) is 0 Å². The number of nitrogens with zero attached hydrogens (tertiary/aromatic N) is 1. The van der Waals surface area contributed by atoms with Crippen LogP contribution in [0.25, 0.3) is 0 Å². The van der Waals surface area contributed by atoms with Crippen molar-refractivity contribution in [2.75, 3.05) is 26.3 Å². The number of benzene rings is 2. The van der Waals surface area contributed by atoms with Gasteiger partial charge in [0.25, 0.3) is 0 Å². The highest BCUT2D eigenvalue weighted by Gasteiger charge is 2.22. The van der Waals surface area contributed by atoms with Crippen LogP contribution in [-0.2, 0) is 4.74 Å². The van der Waals surface area contributed by atoms with E-state index in [2.05, 4.69) is 16.7 Å². The lowest BCUT2D eigenvalue weighted by Gasteiger charge is -2.32. The van der Waals surface area contributed by atoms with Crippen molar-refractivity contribution in [3.05, 3.63) is 69.7 Å². The molecule has 2 nitrogen and oxygen atoms in total. The normalized spacial score (nSPS) is 16.4. The van der Waals surface area contributed by atoms with Gasteiger partial charge in [-0.3, -0.25) is 4.90 Å². The van der Waals surface area contributed by atoms with Crippen LogP contribution in [0.4, 0.5) is 0 Å². The molecule has 0 amide bonds. The van der Waals surface area contributed by atoms with Gasteiger partial charge in [-0.1, -0.05) is 59.3 Å². The minimum Gasteiger partial charge on any atom is -0.379 e. The fourth-order valence-electron chi connectivity index (χ4n) is 2.60. The molecule has 0 radical (unpaired) electrons. The van der Waals surface area contributed by atoms with Crippen molar-refractivity contribution >= 4 is 23.2 Å². The molecule has 118 valence electrons. The van der Waals surface area contributed by atoms with Crippen LogP contribution in [0, 0.1) is 11.8 Å². The van der Waals surface area contributed by atoms with Crippen LogP contribution in [0.3, 0.4) is 0 Å². The molecular formula is C19H17Cl2NO. The molecule has 1 atom stereocenters. The summed E-state index contributed by atoms with van der Waals surface area (Å²) in [4.78, 5) is 2.30. The maximum absolute atomic E-state index is 6.42. The standard InChI is InChI=1S/C19H17Cl2NO/c20-16-7-8-17(18(21)14-16)19(22-10-12-23-13-11-22)9-6-15-4-2-1-3-5-15/h1-5,7-8,14,19H,10-13H2. The molecule has 1 heterocycles. The Morgan fingerprint density at radius 1 is 1.00 bits per heavy atom. The Kier molecular flexibility index (Phi) is 5.59. The van der Waals surface area contributed by atoms with Crippen LogP contribution in [0.5, 0.6) is 0 Å². The number of ether oxygens (including phenoxy) is 1. The van der Waals surface area contributed by atoms with Crippen LogP contribution in [-0.4, -0.2) is 31.2 Å². The van der Waals surface area contributed by atoms with E-state index in [1.807, 2.05) is 42.5 Å². The fraction of sp³-hybridized carbons (Fsp3) is 0.263. The van der Waals surface area contributed by atoms with Crippen molar-refractivity contribution in [3.63, 3.8) is 0 Å². The first-order chi connectivity index (χ1) is 11.2. The lowest BCUT2D eigenvalue weighted by atomic mass is 10.0. The Morgan fingerprint density at radius 2 is 1.74 bits per heavy atom. The highest BCUT2D eigenvalue weighted by molar-refractivity contribution is 6.35. The second-order valence-corrected chi connectivity index (χ2v) is 6.20. The zero-order chi connectivity index (χ0) is 16.1. The summed E-state index contributed by atoms with van der Waals surface area (Å²) in [7, 11) is 0. The molecule has 0 saturated carbocycles. The predicted molar refractivity (Wildman–Crippen MR) is 94.9 cm³/mol. The van der Waals surface area contributed by atoms with E-state index in [1.165, 1.54) is 0 Å². The summed E-state index contributed by atoms with van der Waals surface area (Å²) in [5.41, 5.74) is 1.98. The molecule has 0 N–H and O–H groups in total. The van der Waals surface area contributed by atoms with Gasteiger partial charge in [0.05, 0.1) is 19.3 Å². The Hall–Kier alpha value is -1.50. The molecule has 0 aromatic heterocycles. The summed E-state index contributed by atoms with van der Waals surface area (Å²) in [6, 6.07) is 15.5. The quantitative estimate of drug-likeness (QED) is 0.747. The van der Waals surface area contributed by atoms with Gasteiger partial charge in [0.1, 0.15) is 0 Å². The van der Waals surface area contributed by atoms with E-state index in [9.17, 15) is 0 Å². The van der Waals surface area contributed by atoms with Crippen molar-refractivity contribution in [1.82, 2.24) is 4.90 Å². The van der Waals surface area contributed by atoms with Gasteiger partial charge in [0.15, 0.2) is 0 Å². The summed E-state index contributed by atoms with van der Waals surface area (Å²) < 4.78 is 5.45. The summed E-state index contributed by atoms with van der Waals surface area (Å²) >= 11 is 12.4. The largest absolute Gasteiger partial charge is 0.379 e. The number of hydrogen-bond acceptors (Lipinski definition) is 2. The summed E-state index contributed by atoms with van der Waals surface area (Å²) in [6.07, 6.45) is 0. The molecule has 23 heavy (non-hydrogen) atoms. The molecule has 2 aromatic carbocycles. The molecule has 0 bridgehead atoms. The van der Waals surface area contributed by atoms with E-state index in [1.54, 1.807) is 6.07 Å². The van der Waals surface area contributed by atoms with E-state index in [0.717, 1.165) is 24.2 Å². The monoisotopic (exact) mass is 345 g/mol. The summed E-state index contributed by atoms with van der Waals surface area (Å²) in [6.45, 7) is 3.11. The minimum atomic E-state index is -0.0659. The molecule has 0 aliphatic carbocycles. The summed E-state index contributed by atoms with van der Waals surface area (Å²) in [5, 5.41) is 1.28. The number of hydrogen-bond donors (Lipinski definition) is 0. The minimum absolute atomic E-state index is 0.0659. The van der Waals surface area contributed by atoms with Gasteiger partial charge < -0.3 is 4.74 Å². The van der Waals surface area contributed by atoms with Crippen molar-refractivity contribution in [2.24, 2.45) is 0 Å². The Balaban J connectivity index is 1.95. The first kappa shape index (κ1) is 16.4. The first-order valence-corrected chi connectivity index (χ1v) is 8.33. The second-order valence-electron chi connectivity index (χ2n) is 5.35.